The second-order valence-electron chi connectivity index (χ2n) is 5.60. The largest absolute Gasteiger partial charge is 0.327 e. The maximum absolute atomic E-state index is 13.0. The fourth-order valence-corrected chi connectivity index (χ4v) is 4.09. The second-order valence-corrected chi connectivity index (χ2v) is 6.60. The van der Waals surface area contributed by atoms with Crippen LogP contribution in [0.25, 0.3) is 0 Å². The number of pyridine rings is 1. The molecule has 0 N–H and O–H groups in total. The monoisotopic (exact) mass is 320 g/mol. The third-order valence-corrected chi connectivity index (χ3v) is 5.27. The van der Waals surface area contributed by atoms with E-state index in [-0.39, 0.29) is 11.9 Å². The van der Waals surface area contributed by atoms with Crippen molar-refractivity contribution in [1.29, 1.82) is 0 Å². The summed E-state index contributed by atoms with van der Waals surface area (Å²) in [5.41, 5.74) is 3.11. The molecule has 3 nitrogen and oxygen atoms in total. The second kappa shape index (κ2) is 5.97. The van der Waals surface area contributed by atoms with Gasteiger partial charge < -0.3 is 4.90 Å². The zero-order chi connectivity index (χ0) is 15.6. The summed E-state index contributed by atoms with van der Waals surface area (Å²) in [7, 11) is 0. The molecule has 1 atom stereocenters. The summed E-state index contributed by atoms with van der Waals surface area (Å²) in [5.74, 6) is 0.0677. The van der Waals surface area contributed by atoms with Gasteiger partial charge >= 0.3 is 0 Å². The zero-order valence-electron chi connectivity index (χ0n) is 12.6. The molecule has 114 valence electrons. The van der Waals surface area contributed by atoms with Gasteiger partial charge in [-0.2, -0.15) is 0 Å². The van der Waals surface area contributed by atoms with Crippen LogP contribution in [0, 0.1) is 0 Å². The van der Waals surface area contributed by atoms with Crippen molar-refractivity contribution >= 4 is 17.2 Å². The van der Waals surface area contributed by atoms with Crippen LogP contribution in [0.5, 0.6) is 0 Å². The van der Waals surface area contributed by atoms with Crippen LogP contribution >= 0.6 is 11.3 Å². The quantitative estimate of drug-likeness (QED) is 0.717. The van der Waals surface area contributed by atoms with E-state index in [2.05, 4.69) is 28.6 Å². The summed E-state index contributed by atoms with van der Waals surface area (Å²) in [6.45, 7) is 0.744. The van der Waals surface area contributed by atoms with Crippen LogP contribution in [0.1, 0.15) is 32.4 Å². The van der Waals surface area contributed by atoms with Crippen LogP contribution < -0.4 is 0 Å². The van der Waals surface area contributed by atoms with Crippen LogP contribution in [-0.2, 0) is 6.42 Å². The van der Waals surface area contributed by atoms with E-state index in [1.54, 1.807) is 35.9 Å². The maximum atomic E-state index is 13.0. The molecule has 2 aromatic heterocycles. The molecule has 23 heavy (non-hydrogen) atoms. The van der Waals surface area contributed by atoms with Crippen LogP contribution in [0.3, 0.4) is 0 Å². The Kier molecular flexibility index (Phi) is 3.67. The molecular weight excluding hydrogens is 304 g/mol. The Labute approximate surface area is 139 Å². The first-order chi connectivity index (χ1) is 11.3. The van der Waals surface area contributed by atoms with Gasteiger partial charge in [-0.3, -0.25) is 9.78 Å². The van der Waals surface area contributed by atoms with Gasteiger partial charge in [0.25, 0.3) is 5.91 Å². The fraction of sp³-hybridized carbons (Fsp3) is 0.158. The molecule has 1 aliphatic rings. The molecule has 0 aliphatic carbocycles. The van der Waals surface area contributed by atoms with Crippen molar-refractivity contribution in [3.8, 4) is 0 Å². The molecule has 0 saturated heterocycles. The van der Waals surface area contributed by atoms with Crippen LogP contribution in [0.2, 0.25) is 0 Å². The van der Waals surface area contributed by atoms with Crippen LogP contribution in [-0.4, -0.2) is 22.3 Å². The van der Waals surface area contributed by atoms with Gasteiger partial charge in [0, 0.05) is 29.4 Å². The lowest BCUT2D eigenvalue weighted by Crippen LogP contribution is -2.40. The Morgan fingerprint density at radius 2 is 1.87 bits per heavy atom. The SMILES string of the molecule is O=C(c1ccncc1)N1CCc2sccc2C1c1ccccc1. The van der Waals surface area contributed by atoms with E-state index in [0.29, 0.717) is 5.56 Å². The number of carbonyl (C=O) groups is 1. The van der Waals surface area contributed by atoms with E-state index in [1.807, 2.05) is 23.1 Å². The van der Waals surface area contributed by atoms with E-state index >= 15 is 0 Å². The lowest BCUT2D eigenvalue weighted by molar-refractivity contribution is 0.0696. The van der Waals surface area contributed by atoms with Crippen molar-refractivity contribution in [2.24, 2.45) is 0 Å². The van der Waals surface area contributed by atoms with Gasteiger partial charge in [0.2, 0.25) is 0 Å². The van der Waals surface area contributed by atoms with Gasteiger partial charge in [-0.25, -0.2) is 0 Å². The molecule has 0 radical (unpaired) electrons. The van der Waals surface area contributed by atoms with Gasteiger partial charge in [0.1, 0.15) is 0 Å². The highest BCUT2D eigenvalue weighted by atomic mass is 32.1. The highest BCUT2D eigenvalue weighted by molar-refractivity contribution is 7.10. The molecule has 3 heterocycles. The summed E-state index contributed by atoms with van der Waals surface area (Å²) in [6, 6.07) is 16.0. The predicted molar refractivity (Wildman–Crippen MR) is 91.6 cm³/mol. The molecule has 0 spiro atoms. The molecule has 0 saturated carbocycles. The number of aromatic nitrogens is 1. The normalized spacial score (nSPS) is 16.9. The fourth-order valence-electron chi connectivity index (χ4n) is 3.19. The predicted octanol–water partition coefficient (Wildman–Crippen LogP) is 3.93. The molecule has 1 amide bonds. The molecule has 4 rings (SSSR count). The summed E-state index contributed by atoms with van der Waals surface area (Å²) < 4.78 is 0. The van der Waals surface area contributed by atoms with Gasteiger partial charge in [-0.05, 0) is 41.1 Å². The smallest absolute Gasteiger partial charge is 0.254 e. The first-order valence-corrected chi connectivity index (χ1v) is 8.55. The Balaban J connectivity index is 1.78. The summed E-state index contributed by atoms with van der Waals surface area (Å²) >= 11 is 1.79. The maximum Gasteiger partial charge on any atom is 0.254 e. The van der Waals surface area contributed by atoms with Gasteiger partial charge in [-0.15, -0.1) is 11.3 Å². The van der Waals surface area contributed by atoms with Crippen LogP contribution in [0.15, 0.2) is 66.3 Å². The topological polar surface area (TPSA) is 33.2 Å². The third kappa shape index (κ3) is 2.55. The van der Waals surface area contributed by atoms with Gasteiger partial charge in [0.15, 0.2) is 0 Å². The van der Waals surface area contributed by atoms with Crippen molar-refractivity contribution in [2.75, 3.05) is 6.54 Å². The number of amides is 1. The number of benzene rings is 1. The summed E-state index contributed by atoms with van der Waals surface area (Å²) in [4.78, 5) is 20.4. The Morgan fingerprint density at radius 3 is 2.65 bits per heavy atom. The Hall–Kier alpha value is -2.46. The number of hydrogen-bond donors (Lipinski definition) is 0. The lowest BCUT2D eigenvalue weighted by Gasteiger charge is -2.36. The number of nitrogens with zero attached hydrogens (tertiary/aromatic N) is 2. The highest BCUT2D eigenvalue weighted by Crippen LogP contribution is 2.38. The van der Waals surface area contributed by atoms with E-state index in [1.165, 1.54) is 10.4 Å². The molecule has 3 aromatic rings. The number of rotatable bonds is 2. The first kappa shape index (κ1) is 14.2. The van der Waals surface area contributed by atoms with Crippen molar-refractivity contribution in [2.45, 2.75) is 12.5 Å². The van der Waals surface area contributed by atoms with E-state index in [4.69, 9.17) is 0 Å². The van der Waals surface area contributed by atoms with Crippen molar-refractivity contribution in [3.05, 3.63) is 87.9 Å². The van der Waals surface area contributed by atoms with E-state index in [0.717, 1.165) is 18.5 Å². The number of hydrogen-bond acceptors (Lipinski definition) is 3. The van der Waals surface area contributed by atoms with Gasteiger partial charge in [0.05, 0.1) is 6.04 Å². The van der Waals surface area contributed by atoms with Crippen molar-refractivity contribution in [1.82, 2.24) is 9.88 Å². The number of carbonyl (C=O) groups excluding carboxylic acids is 1. The van der Waals surface area contributed by atoms with Crippen molar-refractivity contribution < 1.29 is 4.79 Å². The minimum atomic E-state index is -0.00753. The lowest BCUT2D eigenvalue weighted by atomic mass is 9.92. The average molecular weight is 320 g/mol. The molecule has 1 aliphatic heterocycles. The van der Waals surface area contributed by atoms with Gasteiger partial charge in [-0.1, -0.05) is 30.3 Å². The minimum absolute atomic E-state index is 0.00753. The summed E-state index contributed by atoms with van der Waals surface area (Å²) in [5, 5.41) is 2.13. The molecule has 1 unspecified atom stereocenters. The van der Waals surface area contributed by atoms with Crippen LogP contribution in [0.4, 0.5) is 0 Å². The number of thiophene rings is 1. The van der Waals surface area contributed by atoms with E-state index in [9.17, 15) is 4.79 Å². The highest BCUT2D eigenvalue weighted by Gasteiger charge is 2.33. The van der Waals surface area contributed by atoms with E-state index < -0.39 is 0 Å². The minimum Gasteiger partial charge on any atom is -0.327 e. The molecule has 1 aromatic carbocycles. The zero-order valence-corrected chi connectivity index (χ0v) is 13.4. The summed E-state index contributed by atoms with van der Waals surface area (Å²) in [6.07, 6.45) is 4.27. The number of fused-ring (bicyclic) bond motifs is 1. The average Bonchev–Trinajstić information content (AvgIpc) is 3.10. The molecule has 0 fully saturated rings. The molecule has 0 bridgehead atoms. The standard InChI is InChI=1S/C19H16N2OS/c22-19(15-6-10-20-11-7-15)21-12-8-17-16(9-13-23-17)18(21)14-4-2-1-3-5-14/h1-7,9-11,13,18H,8,12H2. The molecule has 4 heteroatoms. The Bertz CT molecular complexity index is 814. The first-order valence-electron chi connectivity index (χ1n) is 7.67. The Morgan fingerprint density at radius 1 is 1.09 bits per heavy atom. The third-order valence-electron chi connectivity index (χ3n) is 4.27. The molecular formula is C19H16N2OS. The van der Waals surface area contributed by atoms with Crippen molar-refractivity contribution in [3.63, 3.8) is 0 Å².